The molecule has 0 bridgehead atoms. The van der Waals surface area contributed by atoms with Crippen LogP contribution in [0.2, 0.25) is 0 Å². The van der Waals surface area contributed by atoms with Gasteiger partial charge in [-0.2, -0.15) is 0 Å². The van der Waals surface area contributed by atoms with Crippen LogP contribution in [0.5, 0.6) is 0 Å². The van der Waals surface area contributed by atoms with Crippen molar-refractivity contribution in [2.75, 3.05) is 26.2 Å². The Hall–Kier alpha value is -2.17. The molecule has 0 aromatic heterocycles. The van der Waals surface area contributed by atoms with E-state index in [0.29, 0.717) is 18.1 Å². The molecule has 1 fully saturated rings. The summed E-state index contributed by atoms with van der Waals surface area (Å²) in [7, 11) is 0. The summed E-state index contributed by atoms with van der Waals surface area (Å²) in [5, 5.41) is 0. The molecule has 37 heavy (non-hydrogen) atoms. The highest BCUT2D eigenvalue weighted by Gasteiger charge is 2.23. The fourth-order valence-corrected chi connectivity index (χ4v) is 5.74. The molecule has 0 radical (unpaired) electrons. The Labute approximate surface area is 235 Å². The Morgan fingerprint density at radius 2 is 1.38 bits per heavy atom. The minimum Gasteiger partial charge on any atom is -0.299 e. The van der Waals surface area contributed by atoms with Crippen molar-refractivity contribution in [3.63, 3.8) is 0 Å². The molecule has 0 atom stereocenters. The Balaban J connectivity index is 0.00000190. The molecule has 198 valence electrons. The van der Waals surface area contributed by atoms with E-state index in [0.717, 1.165) is 70.5 Å². The zero-order valence-electron chi connectivity index (χ0n) is 21.9. The first-order chi connectivity index (χ1) is 17.1. The van der Waals surface area contributed by atoms with Gasteiger partial charge in [-0.1, -0.05) is 72.3 Å². The number of benzene rings is 3. The van der Waals surface area contributed by atoms with Gasteiger partial charge in [0.25, 0.3) is 0 Å². The Bertz CT molecular complexity index is 1140. The van der Waals surface area contributed by atoms with Crippen LogP contribution in [0.3, 0.4) is 0 Å². The lowest BCUT2D eigenvalue weighted by atomic mass is 9.88. The Morgan fingerprint density at radius 1 is 0.730 bits per heavy atom. The monoisotopic (exact) mass is 538 g/mol. The molecule has 2 aliphatic rings. The first kappa shape index (κ1) is 29.4. The molecule has 0 unspecified atom stereocenters. The molecule has 0 saturated carbocycles. The average Bonchev–Trinajstić information content (AvgIpc) is 3.08. The molecular formula is C32H40Cl2N2O. The van der Waals surface area contributed by atoms with Gasteiger partial charge in [0.05, 0.1) is 0 Å². The summed E-state index contributed by atoms with van der Waals surface area (Å²) >= 11 is 0. The van der Waals surface area contributed by atoms with Gasteiger partial charge in [-0.05, 0) is 79.9 Å². The molecular weight excluding hydrogens is 499 g/mol. The molecule has 1 saturated heterocycles. The molecule has 3 aromatic rings. The number of nitrogens with zero attached hydrogens (tertiary/aromatic N) is 2. The van der Waals surface area contributed by atoms with Crippen LogP contribution >= 0.6 is 24.8 Å². The second-order valence-corrected chi connectivity index (χ2v) is 10.6. The number of rotatable bonds is 7. The van der Waals surface area contributed by atoms with E-state index in [1.165, 1.54) is 27.8 Å². The number of halogens is 2. The number of Topliss-reactive ketones (excluding diaryl/α,β-unsaturated/α-hetero) is 1. The van der Waals surface area contributed by atoms with Crippen molar-refractivity contribution in [2.45, 2.75) is 52.1 Å². The maximum Gasteiger partial charge on any atom is 0.163 e. The van der Waals surface area contributed by atoms with Crippen molar-refractivity contribution in [3.05, 3.63) is 106 Å². The summed E-state index contributed by atoms with van der Waals surface area (Å²) in [6.45, 7) is 8.50. The van der Waals surface area contributed by atoms with Crippen molar-refractivity contribution < 1.29 is 4.79 Å². The molecule has 5 heteroatoms. The van der Waals surface area contributed by atoms with E-state index in [9.17, 15) is 4.79 Å². The molecule has 5 rings (SSSR count). The first-order valence-electron chi connectivity index (χ1n) is 13.3. The van der Waals surface area contributed by atoms with Crippen molar-refractivity contribution in [1.29, 1.82) is 0 Å². The smallest absolute Gasteiger partial charge is 0.163 e. The van der Waals surface area contributed by atoms with E-state index in [1.54, 1.807) is 0 Å². The highest BCUT2D eigenvalue weighted by molar-refractivity contribution is 5.96. The molecule has 0 aliphatic carbocycles. The third-order valence-electron chi connectivity index (χ3n) is 7.84. The highest BCUT2D eigenvalue weighted by Crippen LogP contribution is 2.25. The van der Waals surface area contributed by atoms with Gasteiger partial charge in [-0.3, -0.25) is 14.6 Å². The van der Waals surface area contributed by atoms with Crippen LogP contribution in [0.25, 0.3) is 0 Å². The number of piperidine rings is 1. The molecule has 3 nitrogen and oxygen atoms in total. The molecule has 0 spiro atoms. The van der Waals surface area contributed by atoms with Gasteiger partial charge in [0.15, 0.2) is 5.78 Å². The van der Waals surface area contributed by atoms with Gasteiger partial charge in [0.2, 0.25) is 0 Å². The third-order valence-corrected chi connectivity index (χ3v) is 7.84. The Morgan fingerprint density at radius 3 is 2.11 bits per heavy atom. The number of hydrogen-bond donors (Lipinski definition) is 0. The van der Waals surface area contributed by atoms with E-state index in [1.807, 2.05) is 0 Å². The first-order valence-corrected chi connectivity index (χ1v) is 13.3. The maximum atomic E-state index is 13.2. The number of carbonyl (C=O) groups excluding carboxylic acids is 1. The van der Waals surface area contributed by atoms with Gasteiger partial charge in [0.1, 0.15) is 0 Å². The number of likely N-dealkylation sites (tertiary alicyclic amines) is 1. The van der Waals surface area contributed by atoms with E-state index < -0.39 is 0 Å². The van der Waals surface area contributed by atoms with Crippen molar-refractivity contribution in [2.24, 2.45) is 5.92 Å². The predicted molar refractivity (Wildman–Crippen MR) is 158 cm³/mol. The highest BCUT2D eigenvalue weighted by atomic mass is 35.5. The summed E-state index contributed by atoms with van der Waals surface area (Å²) in [6, 6.07) is 26.1. The average molecular weight is 540 g/mol. The minimum atomic E-state index is 0. The van der Waals surface area contributed by atoms with Crippen LogP contribution in [-0.4, -0.2) is 41.8 Å². The normalized spacial score (nSPS) is 16.7. The second-order valence-electron chi connectivity index (χ2n) is 10.6. The van der Waals surface area contributed by atoms with Crippen LogP contribution in [0.1, 0.15) is 57.4 Å². The van der Waals surface area contributed by atoms with E-state index in [2.05, 4.69) is 89.5 Å². The summed E-state index contributed by atoms with van der Waals surface area (Å²) < 4.78 is 0. The lowest BCUT2D eigenvalue weighted by Crippen LogP contribution is -2.33. The van der Waals surface area contributed by atoms with Crippen LogP contribution in [0, 0.1) is 12.8 Å². The lowest BCUT2D eigenvalue weighted by Gasteiger charge is -2.31. The van der Waals surface area contributed by atoms with Crippen molar-refractivity contribution >= 4 is 30.6 Å². The number of hydrogen-bond acceptors (Lipinski definition) is 3. The Kier molecular flexibility index (Phi) is 11.2. The predicted octanol–water partition coefficient (Wildman–Crippen LogP) is 6.92. The standard InChI is InChI=1S/C32H38N2O.2ClH/c1-25-6-5-9-28(20-25)24-33-16-12-26(13-17-33)21-32(35)31-11-10-29-14-18-34(19-15-30(29)22-31)23-27-7-3-2-4-8-27;;/h2-11,20,22,26H,12-19,21,23-24H2,1H3;2*1H. The zero-order chi connectivity index (χ0) is 24.0. The van der Waals surface area contributed by atoms with Gasteiger partial charge < -0.3 is 0 Å². The SMILES string of the molecule is Cc1cccc(CN2CCC(CC(=O)c3ccc4c(c3)CCN(Cc3ccccc3)CC4)CC2)c1.Cl.Cl. The number of ketones is 1. The summed E-state index contributed by atoms with van der Waals surface area (Å²) in [5.41, 5.74) is 7.81. The number of carbonyl (C=O) groups is 1. The van der Waals surface area contributed by atoms with Crippen LogP contribution < -0.4 is 0 Å². The second kappa shape index (κ2) is 14.1. The van der Waals surface area contributed by atoms with Gasteiger partial charge >= 0.3 is 0 Å². The summed E-state index contributed by atoms with van der Waals surface area (Å²) in [5.74, 6) is 0.840. The van der Waals surface area contributed by atoms with Gasteiger partial charge in [-0.15, -0.1) is 24.8 Å². The lowest BCUT2D eigenvalue weighted by molar-refractivity contribution is 0.0925. The number of aryl methyl sites for hydroxylation is 1. The van der Waals surface area contributed by atoms with Gasteiger partial charge in [0, 0.05) is 38.2 Å². The fourth-order valence-electron chi connectivity index (χ4n) is 5.74. The van der Waals surface area contributed by atoms with Crippen LogP contribution in [0.15, 0.2) is 72.8 Å². The fraction of sp³-hybridized carbons (Fsp3) is 0.406. The van der Waals surface area contributed by atoms with E-state index in [-0.39, 0.29) is 24.8 Å². The van der Waals surface area contributed by atoms with E-state index >= 15 is 0 Å². The topological polar surface area (TPSA) is 23.6 Å². The molecule has 0 amide bonds. The minimum absolute atomic E-state index is 0. The van der Waals surface area contributed by atoms with Gasteiger partial charge in [-0.25, -0.2) is 0 Å². The largest absolute Gasteiger partial charge is 0.299 e. The molecule has 0 N–H and O–H groups in total. The van der Waals surface area contributed by atoms with Crippen LogP contribution in [0.4, 0.5) is 0 Å². The van der Waals surface area contributed by atoms with Crippen molar-refractivity contribution in [3.8, 4) is 0 Å². The molecule has 3 aromatic carbocycles. The number of fused-ring (bicyclic) bond motifs is 1. The zero-order valence-corrected chi connectivity index (χ0v) is 23.5. The summed E-state index contributed by atoms with van der Waals surface area (Å²) in [4.78, 5) is 18.3. The van der Waals surface area contributed by atoms with Crippen LogP contribution in [-0.2, 0) is 25.9 Å². The van der Waals surface area contributed by atoms with E-state index in [4.69, 9.17) is 0 Å². The third kappa shape index (κ3) is 8.15. The summed E-state index contributed by atoms with van der Waals surface area (Å²) in [6.07, 6.45) is 5.03. The van der Waals surface area contributed by atoms with Crippen molar-refractivity contribution in [1.82, 2.24) is 9.80 Å². The quantitative estimate of drug-likeness (QED) is 0.305. The molecule has 2 heterocycles. The molecule has 2 aliphatic heterocycles. The maximum absolute atomic E-state index is 13.2.